The van der Waals surface area contributed by atoms with Gasteiger partial charge in [-0.25, -0.2) is 9.78 Å². The summed E-state index contributed by atoms with van der Waals surface area (Å²) >= 11 is 1.50. The zero-order chi connectivity index (χ0) is 22.3. The van der Waals surface area contributed by atoms with E-state index in [2.05, 4.69) is 15.6 Å². The third-order valence-corrected chi connectivity index (χ3v) is 5.67. The van der Waals surface area contributed by atoms with Crippen LogP contribution in [0.2, 0.25) is 0 Å². The van der Waals surface area contributed by atoms with Gasteiger partial charge < -0.3 is 15.4 Å². The largest absolute Gasteiger partial charge is 0.494 e. The van der Waals surface area contributed by atoms with Crippen LogP contribution in [0.3, 0.4) is 0 Å². The molecule has 0 aliphatic rings. The Bertz CT molecular complexity index is 1290. The minimum absolute atomic E-state index is 0.118. The van der Waals surface area contributed by atoms with Crippen molar-refractivity contribution >= 4 is 34.8 Å². The standard InChI is InChI=1S/C24H22N4O3S/c1-2-31-19-12-10-17(11-13-19)26-24(30)27-20-7-3-4-8-21(20)32-16-18-15-23(29)28-14-6-5-9-22(28)25-18/h3-15H,2,16H2,1H3,(H2,26,27,30). The maximum Gasteiger partial charge on any atom is 0.323 e. The number of para-hydroxylation sites is 1. The molecule has 2 aromatic heterocycles. The van der Waals surface area contributed by atoms with Gasteiger partial charge in [-0.1, -0.05) is 18.2 Å². The molecule has 0 fully saturated rings. The van der Waals surface area contributed by atoms with E-state index in [0.717, 1.165) is 10.6 Å². The van der Waals surface area contributed by atoms with E-state index in [0.29, 0.717) is 35.1 Å². The van der Waals surface area contributed by atoms with Crippen molar-refractivity contribution in [3.63, 3.8) is 0 Å². The van der Waals surface area contributed by atoms with Crippen LogP contribution >= 0.6 is 11.8 Å². The molecule has 8 heteroatoms. The predicted molar refractivity (Wildman–Crippen MR) is 128 cm³/mol. The molecule has 0 saturated heterocycles. The molecule has 32 heavy (non-hydrogen) atoms. The average Bonchev–Trinajstić information content (AvgIpc) is 2.80. The molecule has 0 aliphatic heterocycles. The Hall–Kier alpha value is -3.78. The number of rotatable bonds is 7. The van der Waals surface area contributed by atoms with Crippen molar-refractivity contribution < 1.29 is 9.53 Å². The molecule has 4 aromatic rings. The molecule has 0 bridgehead atoms. The van der Waals surface area contributed by atoms with Crippen LogP contribution in [0, 0.1) is 0 Å². The summed E-state index contributed by atoms with van der Waals surface area (Å²) in [5.41, 5.74) is 2.51. The summed E-state index contributed by atoms with van der Waals surface area (Å²) in [6, 6.07) is 21.3. The van der Waals surface area contributed by atoms with Gasteiger partial charge in [0.15, 0.2) is 0 Å². The number of thioether (sulfide) groups is 1. The van der Waals surface area contributed by atoms with E-state index < -0.39 is 0 Å². The lowest BCUT2D eigenvalue weighted by atomic mass is 10.3. The Morgan fingerprint density at radius 1 is 1.03 bits per heavy atom. The fraction of sp³-hybridized carbons (Fsp3) is 0.125. The Morgan fingerprint density at radius 3 is 2.62 bits per heavy atom. The number of nitrogens with zero attached hydrogens (tertiary/aromatic N) is 2. The first-order chi connectivity index (χ1) is 15.6. The molecule has 0 aliphatic carbocycles. The molecule has 162 valence electrons. The average molecular weight is 447 g/mol. The van der Waals surface area contributed by atoms with Crippen molar-refractivity contribution in [3.05, 3.63) is 95.0 Å². The van der Waals surface area contributed by atoms with Crippen LogP contribution in [0.15, 0.2) is 88.7 Å². The smallest absolute Gasteiger partial charge is 0.323 e. The van der Waals surface area contributed by atoms with E-state index in [9.17, 15) is 9.59 Å². The number of hydrogen-bond acceptors (Lipinski definition) is 5. The number of anilines is 2. The number of aromatic nitrogens is 2. The van der Waals surface area contributed by atoms with Gasteiger partial charge in [0.2, 0.25) is 0 Å². The quantitative estimate of drug-likeness (QED) is 0.389. The lowest BCUT2D eigenvalue weighted by molar-refractivity contribution is 0.262. The second-order valence-corrected chi connectivity index (χ2v) is 7.85. The summed E-state index contributed by atoms with van der Waals surface area (Å²) in [5.74, 6) is 1.25. The maximum atomic E-state index is 12.5. The molecule has 2 N–H and O–H groups in total. The fourth-order valence-corrected chi connectivity index (χ4v) is 4.01. The highest BCUT2D eigenvalue weighted by atomic mass is 32.2. The van der Waals surface area contributed by atoms with Crippen molar-refractivity contribution in [1.82, 2.24) is 9.38 Å². The highest BCUT2D eigenvalue weighted by molar-refractivity contribution is 7.98. The lowest BCUT2D eigenvalue weighted by Gasteiger charge is -2.12. The first-order valence-corrected chi connectivity index (χ1v) is 11.1. The van der Waals surface area contributed by atoms with Crippen molar-refractivity contribution in [3.8, 4) is 5.75 Å². The second kappa shape index (κ2) is 10.0. The third-order valence-electron chi connectivity index (χ3n) is 4.56. The van der Waals surface area contributed by atoms with E-state index in [1.165, 1.54) is 22.2 Å². The lowest BCUT2D eigenvalue weighted by Crippen LogP contribution is -2.19. The number of benzene rings is 2. The van der Waals surface area contributed by atoms with E-state index in [1.54, 1.807) is 30.5 Å². The van der Waals surface area contributed by atoms with Gasteiger partial charge >= 0.3 is 6.03 Å². The van der Waals surface area contributed by atoms with Crippen molar-refractivity contribution in [1.29, 1.82) is 0 Å². The summed E-state index contributed by atoms with van der Waals surface area (Å²) in [4.78, 5) is 30.2. The zero-order valence-electron chi connectivity index (χ0n) is 17.4. The minimum atomic E-state index is -0.343. The monoisotopic (exact) mass is 446 g/mol. The predicted octanol–water partition coefficient (Wildman–Crippen LogP) is 5.03. The van der Waals surface area contributed by atoms with Crippen LogP contribution in [0.4, 0.5) is 16.2 Å². The number of hydrogen-bond donors (Lipinski definition) is 2. The van der Waals surface area contributed by atoms with Crippen LogP contribution in [0.5, 0.6) is 5.75 Å². The van der Waals surface area contributed by atoms with Gasteiger partial charge in [0.25, 0.3) is 5.56 Å². The molecular weight excluding hydrogens is 424 g/mol. The van der Waals surface area contributed by atoms with E-state index in [-0.39, 0.29) is 11.6 Å². The fourth-order valence-electron chi connectivity index (χ4n) is 3.11. The first-order valence-electron chi connectivity index (χ1n) is 10.1. The molecule has 7 nitrogen and oxygen atoms in total. The third kappa shape index (κ3) is 5.28. The molecule has 0 spiro atoms. The summed E-state index contributed by atoms with van der Waals surface area (Å²) < 4.78 is 6.92. The van der Waals surface area contributed by atoms with Gasteiger partial charge in [0.05, 0.1) is 18.0 Å². The van der Waals surface area contributed by atoms with Gasteiger partial charge in [0, 0.05) is 28.6 Å². The van der Waals surface area contributed by atoms with Crippen LogP contribution in [-0.4, -0.2) is 22.0 Å². The highest BCUT2D eigenvalue weighted by Crippen LogP contribution is 2.29. The van der Waals surface area contributed by atoms with Crippen molar-refractivity contribution in [2.24, 2.45) is 0 Å². The Morgan fingerprint density at radius 2 is 1.81 bits per heavy atom. The summed E-state index contributed by atoms with van der Waals surface area (Å²) in [7, 11) is 0. The number of carbonyl (C=O) groups excluding carboxylic acids is 1. The molecule has 0 saturated carbocycles. The van der Waals surface area contributed by atoms with Crippen molar-refractivity contribution in [2.45, 2.75) is 17.6 Å². The number of nitrogens with one attached hydrogen (secondary N) is 2. The second-order valence-electron chi connectivity index (χ2n) is 6.84. The Balaban J connectivity index is 1.42. The molecule has 2 aromatic carbocycles. The normalized spacial score (nSPS) is 10.7. The molecule has 0 unspecified atom stereocenters. The number of carbonyl (C=O) groups is 1. The molecule has 0 atom stereocenters. The Kier molecular flexibility index (Phi) is 6.72. The molecule has 0 radical (unpaired) electrons. The van der Waals surface area contributed by atoms with E-state index in [1.807, 2.05) is 49.4 Å². The number of amides is 2. The number of ether oxygens (including phenoxy) is 1. The topological polar surface area (TPSA) is 84.7 Å². The first kappa shape index (κ1) is 21.5. The van der Waals surface area contributed by atoms with E-state index >= 15 is 0 Å². The van der Waals surface area contributed by atoms with Crippen LogP contribution in [0.1, 0.15) is 12.6 Å². The summed E-state index contributed by atoms with van der Waals surface area (Å²) in [6.07, 6.45) is 1.70. The molecule has 2 amide bonds. The van der Waals surface area contributed by atoms with Gasteiger partial charge in [-0.3, -0.25) is 9.20 Å². The van der Waals surface area contributed by atoms with Crippen molar-refractivity contribution in [2.75, 3.05) is 17.2 Å². The maximum absolute atomic E-state index is 12.5. The minimum Gasteiger partial charge on any atom is -0.494 e. The van der Waals surface area contributed by atoms with Gasteiger partial charge in [-0.2, -0.15) is 0 Å². The summed E-state index contributed by atoms with van der Waals surface area (Å²) in [5, 5.41) is 5.70. The van der Waals surface area contributed by atoms with Crippen LogP contribution in [-0.2, 0) is 5.75 Å². The van der Waals surface area contributed by atoms with Gasteiger partial charge in [-0.15, -0.1) is 11.8 Å². The molecule has 2 heterocycles. The van der Waals surface area contributed by atoms with Gasteiger partial charge in [-0.05, 0) is 55.5 Å². The van der Waals surface area contributed by atoms with E-state index in [4.69, 9.17) is 4.74 Å². The Labute approximate surface area is 189 Å². The number of urea groups is 1. The molecule has 4 rings (SSSR count). The summed E-state index contributed by atoms with van der Waals surface area (Å²) in [6.45, 7) is 2.51. The zero-order valence-corrected chi connectivity index (χ0v) is 18.3. The van der Waals surface area contributed by atoms with Gasteiger partial charge in [0.1, 0.15) is 11.4 Å². The van der Waals surface area contributed by atoms with Crippen LogP contribution in [0.25, 0.3) is 5.65 Å². The highest BCUT2D eigenvalue weighted by Gasteiger charge is 2.09. The number of fused-ring (bicyclic) bond motifs is 1. The van der Waals surface area contributed by atoms with Crippen LogP contribution < -0.4 is 20.9 Å². The number of pyridine rings is 1. The SMILES string of the molecule is CCOc1ccc(NC(=O)Nc2ccccc2SCc2cc(=O)n3ccccc3n2)cc1. The molecular formula is C24H22N4O3S.